The fourth-order valence-electron chi connectivity index (χ4n) is 1.65. The van der Waals surface area contributed by atoms with E-state index in [9.17, 15) is 0 Å². The van der Waals surface area contributed by atoms with Gasteiger partial charge in [-0.25, -0.2) is 0 Å². The van der Waals surface area contributed by atoms with Crippen molar-refractivity contribution in [1.29, 1.82) is 5.26 Å². The van der Waals surface area contributed by atoms with Gasteiger partial charge in [0.2, 0.25) is 0 Å². The van der Waals surface area contributed by atoms with E-state index >= 15 is 0 Å². The molecular formula is C15H11N. The summed E-state index contributed by atoms with van der Waals surface area (Å²) < 4.78 is 0. The van der Waals surface area contributed by atoms with Crippen LogP contribution in [0.5, 0.6) is 0 Å². The fraction of sp³-hybridized carbons (Fsp3) is 0. The number of nitrogens with zero attached hydrogens (tertiary/aromatic N) is 1. The van der Waals surface area contributed by atoms with Crippen molar-refractivity contribution in [2.45, 2.75) is 0 Å². The van der Waals surface area contributed by atoms with Crippen molar-refractivity contribution in [3.63, 3.8) is 0 Å². The van der Waals surface area contributed by atoms with Gasteiger partial charge in [-0.05, 0) is 22.8 Å². The van der Waals surface area contributed by atoms with Crippen LogP contribution < -0.4 is 0 Å². The smallest absolute Gasteiger partial charge is 0.0912 e. The summed E-state index contributed by atoms with van der Waals surface area (Å²) in [6.45, 7) is 0. The molecule has 1 heteroatoms. The van der Waals surface area contributed by atoms with E-state index in [0.29, 0.717) is 0 Å². The minimum atomic E-state index is 1.07. The monoisotopic (exact) mass is 205 g/mol. The lowest BCUT2D eigenvalue weighted by Gasteiger charge is -2.05. The van der Waals surface area contributed by atoms with Crippen LogP contribution in [0.1, 0.15) is 5.56 Å². The quantitative estimate of drug-likeness (QED) is 0.682. The lowest BCUT2D eigenvalue weighted by Crippen LogP contribution is -1.81. The first kappa shape index (κ1) is 10.2. The summed E-state index contributed by atoms with van der Waals surface area (Å²) in [7, 11) is 0. The molecule has 0 aliphatic heterocycles. The summed E-state index contributed by atoms with van der Waals surface area (Å²) in [4.78, 5) is 0. The van der Waals surface area contributed by atoms with Gasteiger partial charge in [-0.2, -0.15) is 5.26 Å². The third kappa shape index (κ3) is 2.18. The summed E-state index contributed by atoms with van der Waals surface area (Å²) in [5.74, 6) is 0. The number of nitriles is 1. The molecule has 0 bridgehead atoms. The van der Waals surface area contributed by atoms with Crippen molar-refractivity contribution < 1.29 is 0 Å². The van der Waals surface area contributed by atoms with E-state index in [4.69, 9.17) is 5.26 Å². The van der Waals surface area contributed by atoms with Gasteiger partial charge in [0, 0.05) is 6.08 Å². The molecule has 0 aliphatic carbocycles. The minimum absolute atomic E-state index is 1.07. The second kappa shape index (κ2) is 4.95. The Hall–Kier alpha value is -2.33. The fourth-order valence-corrected chi connectivity index (χ4v) is 1.65. The van der Waals surface area contributed by atoms with Crippen molar-refractivity contribution in [3.8, 4) is 17.2 Å². The maximum absolute atomic E-state index is 8.55. The van der Waals surface area contributed by atoms with E-state index in [0.717, 1.165) is 11.1 Å². The third-order valence-electron chi connectivity index (χ3n) is 2.38. The average molecular weight is 205 g/mol. The van der Waals surface area contributed by atoms with Crippen LogP contribution >= 0.6 is 0 Å². The summed E-state index contributed by atoms with van der Waals surface area (Å²) in [6, 6.07) is 20.2. The number of benzene rings is 2. The lowest BCUT2D eigenvalue weighted by atomic mass is 9.99. The lowest BCUT2D eigenvalue weighted by molar-refractivity contribution is 1.53. The number of hydrogen-bond donors (Lipinski definition) is 0. The van der Waals surface area contributed by atoms with Crippen LogP contribution in [0.3, 0.4) is 0 Å². The molecular weight excluding hydrogens is 194 g/mol. The van der Waals surface area contributed by atoms with Crippen molar-refractivity contribution in [3.05, 3.63) is 66.2 Å². The molecule has 0 aliphatic rings. The van der Waals surface area contributed by atoms with Gasteiger partial charge in [0.25, 0.3) is 0 Å². The van der Waals surface area contributed by atoms with Crippen molar-refractivity contribution >= 4 is 6.08 Å². The van der Waals surface area contributed by atoms with Crippen LogP contribution in [0.2, 0.25) is 0 Å². The molecule has 0 saturated heterocycles. The minimum Gasteiger partial charge on any atom is -0.193 e. The van der Waals surface area contributed by atoms with Crippen molar-refractivity contribution in [1.82, 2.24) is 0 Å². The highest BCUT2D eigenvalue weighted by atomic mass is 14.2. The van der Waals surface area contributed by atoms with E-state index in [1.807, 2.05) is 48.5 Å². The largest absolute Gasteiger partial charge is 0.193 e. The second-order valence-corrected chi connectivity index (χ2v) is 3.42. The van der Waals surface area contributed by atoms with Crippen LogP contribution in [0.4, 0.5) is 0 Å². The molecule has 0 unspecified atom stereocenters. The van der Waals surface area contributed by atoms with Crippen LogP contribution in [0.15, 0.2) is 60.7 Å². The Kier molecular flexibility index (Phi) is 3.15. The zero-order chi connectivity index (χ0) is 11.2. The Morgan fingerprint density at radius 3 is 2.31 bits per heavy atom. The molecule has 2 rings (SSSR count). The predicted octanol–water partition coefficient (Wildman–Crippen LogP) is 3.89. The first-order chi connectivity index (χ1) is 7.92. The standard InChI is InChI=1S/C15H11N/c16-12-6-10-14-9-4-5-11-15(14)13-7-2-1-3-8-13/h1-11H. The van der Waals surface area contributed by atoms with Crippen LogP contribution in [-0.4, -0.2) is 0 Å². The summed E-state index contributed by atoms with van der Waals surface area (Å²) in [5.41, 5.74) is 3.38. The molecule has 1 nitrogen and oxygen atoms in total. The molecule has 16 heavy (non-hydrogen) atoms. The van der Waals surface area contributed by atoms with E-state index in [-0.39, 0.29) is 0 Å². The van der Waals surface area contributed by atoms with Crippen LogP contribution in [-0.2, 0) is 0 Å². The maximum atomic E-state index is 8.55. The molecule has 0 heterocycles. The highest BCUT2D eigenvalue weighted by Gasteiger charge is 2.00. The van der Waals surface area contributed by atoms with Crippen molar-refractivity contribution in [2.75, 3.05) is 0 Å². The van der Waals surface area contributed by atoms with E-state index in [1.165, 1.54) is 11.6 Å². The molecule has 0 amide bonds. The van der Waals surface area contributed by atoms with E-state index in [2.05, 4.69) is 18.2 Å². The SMILES string of the molecule is N#CC=Cc1ccccc1-c1ccccc1. The Labute approximate surface area is 95.3 Å². The van der Waals surface area contributed by atoms with Gasteiger partial charge < -0.3 is 0 Å². The van der Waals surface area contributed by atoms with Gasteiger partial charge in [0.1, 0.15) is 0 Å². The van der Waals surface area contributed by atoms with Gasteiger partial charge in [0.15, 0.2) is 0 Å². The topological polar surface area (TPSA) is 23.8 Å². The predicted molar refractivity (Wildman–Crippen MR) is 66.5 cm³/mol. The van der Waals surface area contributed by atoms with E-state index in [1.54, 1.807) is 0 Å². The summed E-state index contributed by atoms with van der Waals surface area (Å²) in [5, 5.41) is 8.55. The molecule has 0 aromatic heterocycles. The van der Waals surface area contributed by atoms with Gasteiger partial charge in [-0.3, -0.25) is 0 Å². The Balaban J connectivity index is 2.50. The molecule has 0 radical (unpaired) electrons. The highest BCUT2D eigenvalue weighted by molar-refractivity contribution is 5.75. The highest BCUT2D eigenvalue weighted by Crippen LogP contribution is 2.24. The second-order valence-electron chi connectivity index (χ2n) is 3.42. The Morgan fingerprint density at radius 1 is 0.875 bits per heavy atom. The molecule has 0 saturated carbocycles. The number of rotatable bonds is 2. The van der Waals surface area contributed by atoms with Gasteiger partial charge >= 0.3 is 0 Å². The average Bonchev–Trinajstić information content (AvgIpc) is 2.38. The van der Waals surface area contributed by atoms with Crippen LogP contribution in [0, 0.1) is 11.3 Å². The molecule has 76 valence electrons. The zero-order valence-electron chi connectivity index (χ0n) is 8.80. The molecule has 0 N–H and O–H groups in total. The zero-order valence-corrected chi connectivity index (χ0v) is 8.80. The first-order valence-corrected chi connectivity index (χ1v) is 5.12. The van der Waals surface area contributed by atoms with E-state index < -0.39 is 0 Å². The Bertz CT molecular complexity index is 533. The third-order valence-corrected chi connectivity index (χ3v) is 2.38. The molecule has 0 fully saturated rings. The molecule has 0 spiro atoms. The Morgan fingerprint density at radius 2 is 1.56 bits per heavy atom. The summed E-state index contributed by atoms with van der Waals surface area (Å²) >= 11 is 0. The number of hydrogen-bond acceptors (Lipinski definition) is 1. The molecule has 0 atom stereocenters. The van der Waals surface area contributed by atoms with Gasteiger partial charge in [-0.15, -0.1) is 0 Å². The molecule has 2 aromatic rings. The van der Waals surface area contributed by atoms with Gasteiger partial charge in [0.05, 0.1) is 6.07 Å². The first-order valence-electron chi connectivity index (χ1n) is 5.12. The molecule has 2 aromatic carbocycles. The van der Waals surface area contributed by atoms with Crippen LogP contribution in [0.25, 0.3) is 17.2 Å². The summed E-state index contributed by atoms with van der Waals surface area (Å²) in [6.07, 6.45) is 3.34. The maximum Gasteiger partial charge on any atom is 0.0912 e. The van der Waals surface area contributed by atoms with Crippen molar-refractivity contribution in [2.24, 2.45) is 0 Å². The van der Waals surface area contributed by atoms with Gasteiger partial charge in [-0.1, -0.05) is 54.6 Å². The normalized spacial score (nSPS) is 10.2. The number of allylic oxidation sites excluding steroid dienone is 1.